The van der Waals surface area contributed by atoms with E-state index in [4.69, 9.17) is 9.84 Å². The first-order chi connectivity index (χ1) is 16.3. The van der Waals surface area contributed by atoms with Gasteiger partial charge in [-0.05, 0) is 25.8 Å². The molecule has 0 radical (unpaired) electrons. The van der Waals surface area contributed by atoms with Crippen molar-refractivity contribution in [2.75, 3.05) is 18.1 Å². The highest BCUT2D eigenvalue weighted by Gasteiger charge is 2.28. The predicted molar refractivity (Wildman–Crippen MR) is 120 cm³/mol. The molecule has 1 aromatic carbocycles. The minimum absolute atomic E-state index is 0.0913. The van der Waals surface area contributed by atoms with Crippen molar-refractivity contribution in [2.24, 2.45) is 5.92 Å². The van der Waals surface area contributed by atoms with Crippen molar-refractivity contribution in [3.8, 4) is 17.4 Å². The lowest BCUT2D eigenvalue weighted by Crippen LogP contribution is -2.35. The van der Waals surface area contributed by atoms with E-state index >= 15 is 0 Å². The number of carboxylic acids is 1. The molecule has 10 heteroatoms. The van der Waals surface area contributed by atoms with Crippen LogP contribution in [0, 0.1) is 17.6 Å². The molecule has 2 atom stereocenters. The van der Waals surface area contributed by atoms with Crippen LogP contribution in [0.2, 0.25) is 0 Å². The van der Waals surface area contributed by atoms with Crippen LogP contribution in [0.4, 0.5) is 14.5 Å². The minimum atomic E-state index is -1.06. The van der Waals surface area contributed by atoms with Crippen molar-refractivity contribution in [2.45, 2.75) is 39.2 Å². The van der Waals surface area contributed by atoms with Gasteiger partial charge in [0.2, 0.25) is 5.82 Å². The molecule has 0 fully saturated rings. The number of nitrogens with zero attached hydrogens (tertiary/aromatic N) is 5. The molecule has 178 valence electrons. The number of hydrogen-bond acceptors (Lipinski definition) is 7. The van der Waals surface area contributed by atoms with Crippen LogP contribution in [-0.2, 0) is 11.2 Å². The maximum Gasteiger partial charge on any atom is 0.306 e. The molecule has 0 spiro atoms. The minimum Gasteiger partial charge on any atom is -0.490 e. The summed E-state index contributed by atoms with van der Waals surface area (Å²) in [5.41, 5.74) is 2.25. The largest absolute Gasteiger partial charge is 0.490 e. The Morgan fingerprint density at radius 1 is 1.24 bits per heavy atom. The van der Waals surface area contributed by atoms with Crippen LogP contribution in [0.15, 0.2) is 36.8 Å². The average Bonchev–Trinajstić information content (AvgIpc) is 2.84. The molecule has 34 heavy (non-hydrogen) atoms. The Bertz CT molecular complexity index is 1180. The molecule has 4 rings (SSSR count). The summed E-state index contributed by atoms with van der Waals surface area (Å²) in [6.45, 7) is 4.18. The fraction of sp³-hybridized carbons (Fsp3) is 0.375. The topological polar surface area (TPSA) is 101 Å². The lowest BCUT2D eigenvalue weighted by molar-refractivity contribution is -0.141. The number of anilines is 1. The Morgan fingerprint density at radius 3 is 2.74 bits per heavy atom. The van der Waals surface area contributed by atoms with Crippen LogP contribution < -0.4 is 9.64 Å². The van der Waals surface area contributed by atoms with Gasteiger partial charge in [-0.2, -0.15) is 4.39 Å². The smallest absolute Gasteiger partial charge is 0.306 e. The van der Waals surface area contributed by atoms with Gasteiger partial charge >= 0.3 is 5.97 Å². The zero-order valence-electron chi connectivity index (χ0n) is 18.9. The van der Waals surface area contributed by atoms with Crippen molar-refractivity contribution in [1.29, 1.82) is 0 Å². The molecule has 3 aromatic rings. The Morgan fingerprint density at radius 2 is 2.00 bits per heavy atom. The second-order valence-electron chi connectivity index (χ2n) is 8.26. The molecule has 2 aromatic heterocycles. The van der Waals surface area contributed by atoms with Crippen molar-refractivity contribution >= 4 is 11.7 Å². The first-order valence-corrected chi connectivity index (χ1v) is 11.1. The van der Waals surface area contributed by atoms with E-state index in [-0.39, 0.29) is 18.4 Å². The number of aliphatic carboxylic acids is 1. The van der Waals surface area contributed by atoms with Crippen molar-refractivity contribution in [1.82, 2.24) is 19.9 Å². The van der Waals surface area contributed by atoms with E-state index in [0.717, 1.165) is 17.3 Å². The molecular formula is C24H25F2N5O3. The summed E-state index contributed by atoms with van der Waals surface area (Å²) in [6, 6.07) is 4.18. The molecule has 0 aliphatic carbocycles. The molecule has 8 nitrogen and oxygen atoms in total. The molecule has 1 aliphatic rings. The predicted octanol–water partition coefficient (Wildman–Crippen LogP) is 4.22. The number of aromatic nitrogens is 4. The van der Waals surface area contributed by atoms with Gasteiger partial charge in [0, 0.05) is 54.9 Å². The fourth-order valence-corrected chi connectivity index (χ4v) is 3.95. The number of carbonyl (C=O) groups is 1. The van der Waals surface area contributed by atoms with Gasteiger partial charge in [-0.15, -0.1) is 0 Å². The summed E-state index contributed by atoms with van der Waals surface area (Å²) in [5, 5.41) is 8.96. The van der Waals surface area contributed by atoms with E-state index in [1.807, 2.05) is 11.8 Å². The number of fused-ring (bicyclic) bond motifs is 1. The normalized spacial score (nSPS) is 16.1. The zero-order chi connectivity index (χ0) is 24.2. The van der Waals surface area contributed by atoms with Crippen LogP contribution >= 0.6 is 0 Å². The number of carboxylic acid groups (broad SMARTS) is 1. The van der Waals surface area contributed by atoms with Crippen LogP contribution in [0.25, 0.3) is 11.6 Å². The Hall–Kier alpha value is -3.69. The summed E-state index contributed by atoms with van der Waals surface area (Å²) in [4.78, 5) is 30.3. The monoisotopic (exact) mass is 469 g/mol. The van der Waals surface area contributed by atoms with E-state index in [2.05, 4.69) is 19.9 Å². The third-order valence-electron chi connectivity index (χ3n) is 5.94. The van der Waals surface area contributed by atoms with E-state index in [1.54, 1.807) is 31.6 Å². The molecule has 1 aliphatic heterocycles. The van der Waals surface area contributed by atoms with Gasteiger partial charge in [0.1, 0.15) is 0 Å². The zero-order valence-corrected chi connectivity index (χ0v) is 18.9. The Balaban J connectivity index is 1.51. The first kappa shape index (κ1) is 23.5. The molecular weight excluding hydrogens is 444 g/mol. The lowest BCUT2D eigenvalue weighted by Gasteiger charge is -2.36. The van der Waals surface area contributed by atoms with Crippen LogP contribution in [0.3, 0.4) is 0 Å². The molecule has 0 bridgehead atoms. The SMILES string of the molecule is CC(CCCOc1cc(N2CCc3nc(-c4ncccn4)ncc3C2C)cc(F)c1F)C(=O)O. The van der Waals surface area contributed by atoms with Gasteiger partial charge in [0.05, 0.1) is 24.3 Å². The third-order valence-corrected chi connectivity index (χ3v) is 5.94. The van der Waals surface area contributed by atoms with Gasteiger partial charge < -0.3 is 14.7 Å². The Kier molecular flexibility index (Phi) is 6.95. The summed E-state index contributed by atoms with van der Waals surface area (Å²) in [6.07, 6.45) is 6.37. The molecule has 2 unspecified atom stereocenters. The molecule has 1 N–H and O–H groups in total. The van der Waals surface area contributed by atoms with Gasteiger partial charge in [-0.1, -0.05) is 6.92 Å². The fourth-order valence-electron chi connectivity index (χ4n) is 3.95. The van der Waals surface area contributed by atoms with Gasteiger partial charge in [-0.25, -0.2) is 24.3 Å². The highest BCUT2D eigenvalue weighted by Crippen LogP contribution is 2.36. The second kappa shape index (κ2) is 10.1. The highest BCUT2D eigenvalue weighted by atomic mass is 19.2. The standard InChI is InChI=1S/C24H25F2N5O3/c1-14(24(32)33)5-3-10-34-20-12-16(11-18(25)21(20)26)31-9-6-19-17(15(31)2)13-29-23(30-19)22-27-7-4-8-28-22/h4,7-8,11-15H,3,5-6,9-10H2,1-2H3,(H,32,33). The maximum absolute atomic E-state index is 14.4. The highest BCUT2D eigenvalue weighted by molar-refractivity contribution is 5.69. The van der Waals surface area contributed by atoms with Crippen molar-refractivity contribution < 1.29 is 23.4 Å². The van der Waals surface area contributed by atoms with Gasteiger partial charge in [0.25, 0.3) is 0 Å². The quantitative estimate of drug-likeness (QED) is 0.490. The Labute approximate surface area is 195 Å². The number of hydrogen-bond donors (Lipinski definition) is 1. The first-order valence-electron chi connectivity index (χ1n) is 11.1. The van der Waals surface area contributed by atoms with Crippen molar-refractivity contribution in [3.63, 3.8) is 0 Å². The van der Waals surface area contributed by atoms with Crippen molar-refractivity contribution in [3.05, 3.63) is 59.7 Å². The van der Waals surface area contributed by atoms with Gasteiger partial charge in [-0.3, -0.25) is 4.79 Å². The van der Waals surface area contributed by atoms with E-state index < -0.39 is 23.5 Å². The summed E-state index contributed by atoms with van der Waals surface area (Å²) in [5.74, 6) is -2.79. The molecule has 0 amide bonds. The molecule has 3 heterocycles. The van der Waals surface area contributed by atoms with E-state index in [0.29, 0.717) is 43.1 Å². The van der Waals surface area contributed by atoms with Crippen LogP contribution in [0.5, 0.6) is 5.75 Å². The molecule has 0 saturated carbocycles. The van der Waals surface area contributed by atoms with Crippen LogP contribution in [0.1, 0.15) is 44.0 Å². The van der Waals surface area contributed by atoms with Crippen LogP contribution in [-0.4, -0.2) is 44.2 Å². The number of ether oxygens (including phenoxy) is 1. The van der Waals surface area contributed by atoms with E-state index in [1.165, 1.54) is 6.07 Å². The number of rotatable bonds is 8. The lowest BCUT2D eigenvalue weighted by atomic mass is 9.98. The maximum atomic E-state index is 14.4. The average molecular weight is 469 g/mol. The molecule has 0 saturated heterocycles. The van der Waals surface area contributed by atoms with E-state index in [9.17, 15) is 13.6 Å². The second-order valence-corrected chi connectivity index (χ2v) is 8.26. The summed E-state index contributed by atoms with van der Waals surface area (Å²) >= 11 is 0. The number of halogens is 2. The third kappa shape index (κ3) is 4.95. The summed E-state index contributed by atoms with van der Waals surface area (Å²) < 4.78 is 34.2. The number of benzene rings is 1. The summed E-state index contributed by atoms with van der Waals surface area (Å²) in [7, 11) is 0. The van der Waals surface area contributed by atoms with Gasteiger partial charge in [0.15, 0.2) is 23.2 Å².